The Bertz CT molecular complexity index is 1370. The van der Waals surface area contributed by atoms with Crippen molar-refractivity contribution in [2.24, 2.45) is 0 Å². The Labute approximate surface area is 199 Å². The first-order valence-corrected chi connectivity index (χ1v) is 14.1. The molecule has 3 aromatic carbocycles. The zero-order chi connectivity index (χ0) is 23.6. The summed E-state index contributed by atoms with van der Waals surface area (Å²) in [5, 5.41) is 4.97. The largest absolute Gasteiger partial charge is 0.370 e. The van der Waals surface area contributed by atoms with Gasteiger partial charge in [0.25, 0.3) is 10.0 Å². The molecule has 0 aliphatic carbocycles. The van der Waals surface area contributed by atoms with Crippen LogP contribution in [-0.4, -0.2) is 49.3 Å². The van der Waals surface area contributed by atoms with Crippen molar-refractivity contribution in [1.29, 1.82) is 0 Å². The fourth-order valence-electron chi connectivity index (χ4n) is 3.81. The van der Waals surface area contributed by atoms with Crippen LogP contribution < -0.4 is 18.8 Å². The molecule has 11 heteroatoms. The number of nitrogens with one attached hydrogen (secondary N) is 2. The van der Waals surface area contributed by atoms with E-state index in [0.717, 1.165) is 55.3 Å². The lowest BCUT2D eigenvalue weighted by atomic mass is 10.1. The lowest BCUT2D eigenvalue weighted by Gasteiger charge is -2.25. The summed E-state index contributed by atoms with van der Waals surface area (Å²) in [6, 6.07) is 17.0. The Hall–Kier alpha value is -2.53. The van der Waals surface area contributed by atoms with Gasteiger partial charge in [-0.05, 0) is 54.1 Å². The number of fused-ring (bicyclic) bond motifs is 1. The molecule has 1 saturated heterocycles. The zero-order valence-electron chi connectivity index (χ0n) is 18.0. The first-order chi connectivity index (χ1) is 15.6. The Morgan fingerprint density at radius 2 is 1.70 bits per heavy atom. The number of anilines is 3. The zero-order valence-corrected chi connectivity index (χ0v) is 20.4. The molecule has 0 radical (unpaired) electrons. The highest BCUT2D eigenvalue weighted by atomic mass is 35.5. The molecule has 8 nitrogen and oxygen atoms in total. The minimum absolute atomic E-state index is 0.00387. The van der Waals surface area contributed by atoms with Gasteiger partial charge in [0.2, 0.25) is 10.0 Å². The molecule has 0 saturated carbocycles. The van der Waals surface area contributed by atoms with Crippen LogP contribution in [0.25, 0.3) is 10.8 Å². The number of hydrogen-bond acceptors (Lipinski definition) is 6. The second-order valence-corrected chi connectivity index (χ2v) is 12.0. The minimum Gasteiger partial charge on any atom is -0.370 e. The Morgan fingerprint density at radius 3 is 2.45 bits per heavy atom. The molecule has 0 bridgehead atoms. The molecule has 3 aromatic rings. The maximum Gasteiger partial charge on any atom is 0.278 e. The molecule has 1 aliphatic rings. The van der Waals surface area contributed by atoms with Gasteiger partial charge in [0.15, 0.2) is 0 Å². The molecular weight excluding hydrogens is 484 g/mol. The third kappa shape index (κ3) is 5.35. The average Bonchev–Trinajstić information content (AvgIpc) is 3.07. The summed E-state index contributed by atoms with van der Waals surface area (Å²) in [7, 11) is -7.85. The number of benzene rings is 3. The van der Waals surface area contributed by atoms with Crippen LogP contribution in [0.5, 0.6) is 0 Å². The molecule has 0 atom stereocenters. The molecule has 0 spiro atoms. The minimum atomic E-state index is -4.16. The predicted octanol–water partition coefficient (Wildman–Crippen LogP) is 3.36. The molecule has 1 fully saturated rings. The summed E-state index contributed by atoms with van der Waals surface area (Å²) in [6.07, 6.45) is 1.95. The van der Waals surface area contributed by atoms with Crippen LogP contribution in [0.4, 0.5) is 17.1 Å². The van der Waals surface area contributed by atoms with Gasteiger partial charge in [-0.15, -0.1) is 0 Å². The van der Waals surface area contributed by atoms with E-state index in [9.17, 15) is 16.8 Å². The van der Waals surface area contributed by atoms with Crippen molar-refractivity contribution >= 4 is 59.7 Å². The molecule has 4 rings (SSSR count). The number of rotatable bonds is 6. The van der Waals surface area contributed by atoms with Gasteiger partial charge in [0.1, 0.15) is 0 Å². The summed E-state index contributed by atoms with van der Waals surface area (Å²) in [6.45, 7) is 3.25. The summed E-state index contributed by atoms with van der Waals surface area (Å²) < 4.78 is 53.7. The second-order valence-electron chi connectivity index (χ2n) is 7.90. The van der Waals surface area contributed by atoms with Gasteiger partial charge in [-0.2, -0.15) is 12.2 Å². The van der Waals surface area contributed by atoms with E-state index in [1.54, 1.807) is 24.3 Å². The van der Waals surface area contributed by atoms with E-state index in [1.807, 2.05) is 24.3 Å². The van der Waals surface area contributed by atoms with Crippen LogP contribution in [0, 0.1) is 0 Å². The Kier molecular flexibility index (Phi) is 6.71. The third-order valence-corrected chi connectivity index (χ3v) is 8.19. The van der Waals surface area contributed by atoms with Crippen LogP contribution in [0.3, 0.4) is 0 Å². The molecule has 0 aromatic heterocycles. The average molecular weight is 509 g/mol. The van der Waals surface area contributed by atoms with E-state index < -0.39 is 20.0 Å². The highest BCUT2D eigenvalue weighted by Gasteiger charge is 2.27. The third-order valence-electron chi connectivity index (χ3n) is 5.40. The SMILES string of the molecule is CS(=O)(=O)Nc1cc(N2CCCNCC2)ccc1N(Cl)S(=O)(=O)c1ccc2ccccc2c1. The van der Waals surface area contributed by atoms with Gasteiger partial charge in [-0.3, -0.25) is 4.72 Å². The maximum atomic E-state index is 13.3. The first-order valence-electron chi connectivity index (χ1n) is 10.4. The van der Waals surface area contributed by atoms with E-state index in [2.05, 4.69) is 14.9 Å². The van der Waals surface area contributed by atoms with Crippen molar-refractivity contribution in [2.75, 3.05) is 45.9 Å². The van der Waals surface area contributed by atoms with Gasteiger partial charge in [-0.1, -0.05) is 30.3 Å². The number of nitrogens with zero attached hydrogens (tertiary/aromatic N) is 2. The summed E-state index contributed by atoms with van der Waals surface area (Å²) in [4.78, 5) is 2.12. The highest BCUT2D eigenvalue weighted by Crippen LogP contribution is 2.36. The van der Waals surface area contributed by atoms with Crippen molar-refractivity contribution in [1.82, 2.24) is 5.32 Å². The Morgan fingerprint density at radius 1 is 0.939 bits per heavy atom. The number of sulfonamides is 2. The molecule has 0 amide bonds. The molecule has 176 valence electrons. The Balaban J connectivity index is 1.74. The van der Waals surface area contributed by atoms with Gasteiger partial charge < -0.3 is 10.2 Å². The maximum absolute atomic E-state index is 13.3. The molecule has 33 heavy (non-hydrogen) atoms. The van der Waals surface area contributed by atoms with E-state index in [1.165, 1.54) is 12.1 Å². The van der Waals surface area contributed by atoms with E-state index in [4.69, 9.17) is 11.8 Å². The topological polar surface area (TPSA) is 98.8 Å². The lowest BCUT2D eigenvalue weighted by molar-refractivity contribution is 0.597. The molecule has 1 aliphatic heterocycles. The van der Waals surface area contributed by atoms with Gasteiger partial charge in [-0.25, -0.2) is 8.42 Å². The lowest BCUT2D eigenvalue weighted by Crippen LogP contribution is -2.28. The van der Waals surface area contributed by atoms with Gasteiger partial charge in [0, 0.05) is 37.1 Å². The van der Waals surface area contributed by atoms with Crippen molar-refractivity contribution in [3.8, 4) is 0 Å². The van der Waals surface area contributed by atoms with E-state index in [-0.39, 0.29) is 16.3 Å². The number of hydrogen-bond donors (Lipinski definition) is 2. The number of halogens is 1. The first kappa shape index (κ1) is 23.6. The second kappa shape index (κ2) is 9.38. The normalized spacial score (nSPS) is 15.3. The van der Waals surface area contributed by atoms with Gasteiger partial charge >= 0.3 is 0 Å². The molecule has 1 heterocycles. The van der Waals surface area contributed by atoms with Crippen molar-refractivity contribution in [3.63, 3.8) is 0 Å². The monoisotopic (exact) mass is 508 g/mol. The standard InChI is InChI=1S/C22H25ClN4O4S2/c1-32(28,29)25-21-16-19(26-13-4-11-24-12-14-26)8-10-22(21)27(23)33(30,31)20-9-7-17-5-2-3-6-18(17)15-20/h2-3,5-10,15-16,24-25H,4,11-14H2,1H3. The summed E-state index contributed by atoms with van der Waals surface area (Å²) in [5.41, 5.74) is 0.889. The van der Waals surface area contributed by atoms with E-state index in [0.29, 0.717) is 3.82 Å². The van der Waals surface area contributed by atoms with Crippen molar-refractivity contribution < 1.29 is 16.8 Å². The van der Waals surface area contributed by atoms with Crippen LogP contribution in [0.15, 0.2) is 65.6 Å². The predicted molar refractivity (Wildman–Crippen MR) is 134 cm³/mol. The molecule has 0 unspecified atom stereocenters. The summed E-state index contributed by atoms with van der Waals surface area (Å²) >= 11 is 6.37. The van der Waals surface area contributed by atoms with Crippen LogP contribution >= 0.6 is 11.8 Å². The van der Waals surface area contributed by atoms with Crippen molar-refractivity contribution in [2.45, 2.75) is 11.3 Å². The van der Waals surface area contributed by atoms with Gasteiger partial charge in [0.05, 0.1) is 22.5 Å². The highest BCUT2D eigenvalue weighted by molar-refractivity contribution is 7.94. The fraction of sp³-hybridized carbons (Fsp3) is 0.273. The molecular formula is C22H25ClN4O4S2. The van der Waals surface area contributed by atoms with Crippen molar-refractivity contribution in [3.05, 3.63) is 60.7 Å². The van der Waals surface area contributed by atoms with Crippen LogP contribution in [0.2, 0.25) is 0 Å². The quantitative estimate of drug-likeness (QED) is 0.495. The summed E-state index contributed by atoms with van der Waals surface area (Å²) in [5.74, 6) is 0. The van der Waals surface area contributed by atoms with Crippen LogP contribution in [0.1, 0.15) is 6.42 Å². The molecule has 2 N–H and O–H groups in total. The van der Waals surface area contributed by atoms with Crippen LogP contribution in [-0.2, 0) is 20.0 Å². The van der Waals surface area contributed by atoms with E-state index >= 15 is 0 Å². The smallest absolute Gasteiger partial charge is 0.278 e. The fourth-order valence-corrected chi connectivity index (χ4v) is 5.88.